The van der Waals surface area contributed by atoms with Gasteiger partial charge in [0.1, 0.15) is 17.3 Å². The minimum Gasteiger partial charge on any atom is -0.493 e. The molecular weight excluding hydrogens is 470 g/mol. The molecule has 1 heterocycles. The van der Waals surface area contributed by atoms with Crippen LogP contribution in [-0.4, -0.2) is 57.5 Å². The highest BCUT2D eigenvalue weighted by atomic mass is 28.4. The number of carbonyl (C=O) groups is 2. The molecule has 35 heavy (non-hydrogen) atoms. The van der Waals surface area contributed by atoms with E-state index >= 15 is 0 Å². The third-order valence-corrected chi connectivity index (χ3v) is 12.2. The molecule has 3 rings (SSSR count). The van der Waals surface area contributed by atoms with E-state index in [9.17, 15) is 19.7 Å². The van der Waals surface area contributed by atoms with Crippen molar-refractivity contribution in [3.8, 4) is 11.5 Å². The third kappa shape index (κ3) is 5.09. The fraction of sp³-hybridized carbons (Fsp3) is 0.680. The van der Waals surface area contributed by atoms with Crippen LogP contribution in [0.4, 0.5) is 0 Å². The molecule has 1 aliphatic heterocycles. The summed E-state index contributed by atoms with van der Waals surface area (Å²) in [7, 11) is -0.700. The monoisotopic (exact) mass is 507 g/mol. The summed E-state index contributed by atoms with van der Waals surface area (Å²) < 4.78 is 24.2. The topological polar surface area (TPSA) is 114 Å². The molecule has 9 nitrogen and oxygen atoms in total. The fourth-order valence-corrected chi connectivity index (χ4v) is 6.29. The Labute approximate surface area is 207 Å². The van der Waals surface area contributed by atoms with Crippen molar-refractivity contribution in [3.63, 3.8) is 0 Å². The molecule has 1 aromatic rings. The van der Waals surface area contributed by atoms with Crippen LogP contribution in [0.2, 0.25) is 18.1 Å². The van der Waals surface area contributed by atoms with Crippen molar-refractivity contribution in [1.29, 1.82) is 0 Å². The zero-order chi connectivity index (χ0) is 26.2. The summed E-state index contributed by atoms with van der Waals surface area (Å²) in [6.45, 7) is 11.9. The summed E-state index contributed by atoms with van der Waals surface area (Å²) in [5.41, 5.74) is 0.143. The highest BCUT2D eigenvalue weighted by molar-refractivity contribution is 6.74. The predicted octanol–water partition coefficient (Wildman–Crippen LogP) is 4.22. The van der Waals surface area contributed by atoms with Crippen molar-refractivity contribution in [1.82, 2.24) is 0 Å². The molecule has 0 aromatic heterocycles. The normalized spacial score (nSPS) is 23.8. The van der Waals surface area contributed by atoms with Crippen LogP contribution in [0.15, 0.2) is 12.1 Å². The number of ether oxygens (including phenoxy) is 3. The van der Waals surface area contributed by atoms with Crippen LogP contribution in [-0.2, 0) is 30.6 Å². The Morgan fingerprint density at radius 3 is 2.57 bits per heavy atom. The zero-order valence-electron chi connectivity index (χ0n) is 21.8. The third-order valence-electron chi connectivity index (χ3n) is 7.71. The van der Waals surface area contributed by atoms with Crippen LogP contribution in [0.25, 0.3) is 0 Å². The Morgan fingerprint density at radius 1 is 1.31 bits per heavy atom. The van der Waals surface area contributed by atoms with Gasteiger partial charge in [0.15, 0.2) is 19.8 Å². The molecule has 0 saturated heterocycles. The van der Waals surface area contributed by atoms with Crippen molar-refractivity contribution < 1.29 is 33.1 Å². The second-order valence-electron chi connectivity index (χ2n) is 10.9. The first kappa shape index (κ1) is 27.1. The maximum Gasteiger partial charge on any atom is 0.302 e. The number of esters is 1. The molecule has 194 valence electrons. The number of Topliss-reactive ketones (excluding diaryl/α,β-unsaturated/α-hetero) is 1. The lowest BCUT2D eigenvalue weighted by Gasteiger charge is -2.46. The van der Waals surface area contributed by atoms with E-state index in [0.29, 0.717) is 29.0 Å². The highest BCUT2D eigenvalue weighted by Crippen LogP contribution is 2.56. The van der Waals surface area contributed by atoms with Gasteiger partial charge in [-0.2, -0.15) is 0 Å². The standard InChI is InChI=1S/C25H37NO8Si/c1-16(27)32-15-13-25-20(28)11-10-19(34-35(6,7)24(2,3)4)23(25)33-22-18(31-5)9-8-17(21(22)25)12-14-26(29)30/h8-9,19,23H,10-15H2,1-7H3/t19-,23+,25+/m0/s1. The second kappa shape index (κ2) is 9.89. The molecule has 0 amide bonds. The Kier molecular flexibility index (Phi) is 7.66. The lowest BCUT2D eigenvalue weighted by Crippen LogP contribution is -2.59. The number of fused-ring (bicyclic) bond motifs is 3. The molecular formula is C25H37NO8Si. The lowest BCUT2D eigenvalue weighted by molar-refractivity contribution is -0.479. The molecule has 0 N–H and O–H groups in total. The van der Waals surface area contributed by atoms with Crippen LogP contribution in [0.3, 0.4) is 0 Å². The molecule has 1 aliphatic carbocycles. The largest absolute Gasteiger partial charge is 0.493 e. The van der Waals surface area contributed by atoms with E-state index in [4.69, 9.17) is 18.6 Å². The van der Waals surface area contributed by atoms with Gasteiger partial charge in [0.2, 0.25) is 6.54 Å². The summed E-state index contributed by atoms with van der Waals surface area (Å²) in [5, 5.41) is 11.1. The van der Waals surface area contributed by atoms with Crippen molar-refractivity contribution in [2.45, 2.75) is 89.1 Å². The predicted molar refractivity (Wildman–Crippen MR) is 132 cm³/mol. The van der Waals surface area contributed by atoms with E-state index < -0.39 is 25.8 Å². The fourth-order valence-electron chi connectivity index (χ4n) is 4.94. The molecule has 1 fully saturated rings. The van der Waals surface area contributed by atoms with E-state index in [1.54, 1.807) is 12.1 Å². The SMILES string of the molecule is COc1ccc(CC[N+](=O)[O-])c2c1O[C@@H]1[C@@H](O[Si](C)(C)C(C)(C)C)CCC(=O)[C@]21CCOC(C)=O. The first-order valence-corrected chi connectivity index (χ1v) is 15.0. The summed E-state index contributed by atoms with van der Waals surface area (Å²) in [6.07, 6.45) is 0.154. The maximum absolute atomic E-state index is 13.8. The van der Waals surface area contributed by atoms with E-state index in [1.165, 1.54) is 14.0 Å². The molecule has 1 aromatic carbocycles. The van der Waals surface area contributed by atoms with E-state index in [-0.39, 0.29) is 54.3 Å². The van der Waals surface area contributed by atoms with Gasteiger partial charge in [-0.05, 0) is 36.2 Å². The average Bonchev–Trinajstić information content (AvgIpc) is 3.10. The van der Waals surface area contributed by atoms with E-state index in [0.717, 1.165) is 0 Å². The molecule has 2 aliphatic rings. The molecule has 0 spiro atoms. The van der Waals surface area contributed by atoms with Gasteiger partial charge in [0.25, 0.3) is 0 Å². The summed E-state index contributed by atoms with van der Waals surface area (Å²) in [5.74, 6) is 0.429. The van der Waals surface area contributed by atoms with Crippen LogP contribution >= 0.6 is 0 Å². The minimum absolute atomic E-state index is 0.0269. The highest BCUT2D eigenvalue weighted by Gasteiger charge is 2.62. The Morgan fingerprint density at radius 2 is 2.00 bits per heavy atom. The summed E-state index contributed by atoms with van der Waals surface area (Å²) >= 11 is 0. The van der Waals surface area contributed by atoms with Gasteiger partial charge in [-0.3, -0.25) is 19.7 Å². The van der Waals surface area contributed by atoms with Gasteiger partial charge in [-0.15, -0.1) is 0 Å². The number of hydrogen-bond acceptors (Lipinski definition) is 8. The van der Waals surface area contributed by atoms with E-state index in [2.05, 4.69) is 33.9 Å². The number of carbonyl (C=O) groups excluding carboxylic acids is 2. The van der Waals surface area contributed by atoms with Crippen LogP contribution in [0, 0.1) is 10.1 Å². The smallest absolute Gasteiger partial charge is 0.302 e. The van der Waals surface area contributed by atoms with Gasteiger partial charge in [0, 0.05) is 36.7 Å². The second-order valence-corrected chi connectivity index (χ2v) is 15.7. The van der Waals surface area contributed by atoms with Crippen molar-refractivity contribution in [3.05, 3.63) is 33.4 Å². The van der Waals surface area contributed by atoms with Crippen LogP contribution in [0.5, 0.6) is 11.5 Å². The molecule has 10 heteroatoms. The van der Waals surface area contributed by atoms with Crippen molar-refractivity contribution in [2.75, 3.05) is 20.3 Å². The lowest BCUT2D eigenvalue weighted by atomic mass is 9.63. The Balaban J connectivity index is 2.16. The van der Waals surface area contributed by atoms with Crippen LogP contribution < -0.4 is 9.47 Å². The van der Waals surface area contributed by atoms with Gasteiger partial charge < -0.3 is 18.6 Å². The Bertz CT molecular complexity index is 1000. The van der Waals surface area contributed by atoms with Crippen molar-refractivity contribution >= 4 is 20.1 Å². The summed E-state index contributed by atoms with van der Waals surface area (Å²) in [4.78, 5) is 36.2. The number of rotatable bonds is 9. The summed E-state index contributed by atoms with van der Waals surface area (Å²) in [6, 6.07) is 3.49. The minimum atomic E-state index is -2.22. The number of nitrogens with zero attached hydrogens (tertiary/aromatic N) is 1. The molecule has 0 radical (unpaired) electrons. The number of ketones is 1. The van der Waals surface area contributed by atoms with Crippen LogP contribution in [0.1, 0.15) is 58.1 Å². The number of hydrogen-bond donors (Lipinski definition) is 0. The van der Waals surface area contributed by atoms with Gasteiger partial charge >= 0.3 is 5.97 Å². The quantitative estimate of drug-likeness (QED) is 0.211. The number of methoxy groups -OCH3 is 1. The molecule has 1 saturated carbocycles. The maximum atomic E-state index is 13.8. The van der Waals surface area contributed by atoms with Gasteiger partial charge in [-0.1, -0.05) is 26.8 Å². The Hall–Kier alpha value is -2.46. The van der Waals surface area contributed by atoms with Gasteiger partial charge in [0.05, 0.1) is 19.8 Å². The molecule has 0 unspecified atom stereocenters. The molecule has 3 atom stereocenters. The first-order valence-electron chi connectivity index (χ1n) is 12.1. The first-order chi connectivity index (χ1) is 16.2. The molecule has 0 bridgehead atoms. The average molecular weight is 508 g/mol. The number of nitro groups is 1. The van der Waals surface area contributed by atoms with Gasteiger partial charge in [-0.25, -0.2) is 0 Å². The van der Waals surface area contributed by atoms with Crippen molar-refractivity contribution in [2.24, 2.45) is 0 Å². The number of benzene rings is 1. The zero-order valence-corrected chi connectivity index (χ0v) is 22.8. The van der Waals surface area contributed by atoms with E-state index in [1.807, 2.05) is 0 Å².